The van der Waals surface area contributed by atoms with Crippen LogP contribution in [0.1, 0.15) is 64.7 Å². The number of aliphatic hydroxyl groups excluding tert-OH is 1. The van der Waals surface area contributed by atoms with Gasteiger partial charge in [0, 0.05) is 6.42 Å². The van der Waals surface area contributed by atoms with Crippen molar-refractivity contribution in [1.82, 2.24) is 0 Å². The van der Waals surface area contributed by atoms with Gasteiger partial charge in [0.15, 0.2) is 0 Å². The van der Waals surface area contributed by atoms with Crippen molar-refractivity contribution in [3.05, 3.63) is 60.8 Å². The molecule has 1 unspecified atom stereocenters. The minimum Gasteiger partial charge on any atom is -0.481 e. The summed E-state index contributed by atoms with van der Waals surface area (Å²) in [5.41, 5.74) is 0. The fourth-order valence-corrected chi connectivity index (χ4v) is 2.11. The number of allylic oxidation sites excluding steroid dienone is 8. The summed E-state index contributed by atoms with van der Waals surface area (Å²) in [6, 6.07) is 0. The molecule has 2 N–H and O–H groups in total. The van der Waals surface area contributed by atoms with Crippen molar-refractivity contribution in [2.75, 3.05) is 0 Å². The average Bonchev–Trinajstić information content (AvgIpc) is 2.58. The summed E-state index contributed by atoms with van der Waals surface area (Å²) in [4.78, 5) is 10.4. The van der Waals surface area contributed by atoms with Gasteiger partial charge in [-0.25, -0.2) is 0 Å². The lowest BCUT2D eigenvalue weighted by molar-refractivity contribution is -0.137. The van der Waals surface area contributed by atoms with Crippen molar-refractivity contribution < 1.29 is 15.0 Å². The predicted molar refractivity (Wildman–Crippen MR) is 107 cm³/mol. The molecule has 0 aliphatic heterocycles. The second-order valence-electron chi connectivity index (χ2n) is 5.90. The van der Waals surface area contributed by atoms with Gasteiger partial charge in [-0.2, -0.15) is 0 Å². The highest BCUT2D eigenvalue weighted by atomic mass is 16.4. The van der Waals surface area contributed by atoms with Crippen LogP contribution < -0.4 is 0 Å². The van der Waals surface area contributed by atoms with Crippen LogP contribution in [0.5, 0.6) is 0 Å². The molecule has 3 heteroatoms. The molecule has 0 aromatic heterocycles. The Balaban J connectivity index is 3.62. The molecule has 0 aromatic rings. The number of aliphatic carboxylic acids is 1. The van der Waals surface area contributed by atoms with Gasteiger partial charge in [0.25, 0.3) is 0 Å². The smallest absolute Gasteiger partial charge is 0.303 e. The van der Waals surface area contributed by atoms with Crippen LogP contribution in [0.2, 0.25) is 0 Å². The monoisotopic (exact) mass is 346 g/mol. The van der Waals surface area contributed by atoms with Crippen molar-refractivity contribution in [1.29, 1.82) is 0 Å². The molecule has 25 heavy (non-hydrogen) atoms. The van der Waals surface area contributed by atoms with Gasteiger partial charge in [-0.05, 0) is 44.9 Å². The van der Waals surface area contributed by atoms with E-state index in [1.54, 1.807) is 6.08 Å². The molecule has 0 saturated carbocycles. The number of hydrogen-bond donors (Lipinski definition) is 2. The summed E-state index contributed by atoms with van der Waals surface area (Å²) >= 11 is 0. The van der Waals surface area contributed by atoms with Crippen molar-refractivity contribution in [2.24, 2.45) is 0 Å². The third-order valence-corrected chi connectivity index (χ3v) is 3.50. The lowest BCUT2D eigenvalue weighted by Gasteiger charge is -1.98. The first kappa shape index (κ1) is 23.1. The van der Waals surface area contributed by atoms with Gasteiger partial charge in [-0.1, -0.05) is 74.1 Å². The Labute approximate surface area is 153 Å². The van der Waals surface area contributed by atoms with Crippen LogP contribution in [0.3, 0.4) is 0 Å². The van der Waals surface area contributed by atoms with E-state index in [-0.39, 0.29) is 6.42 Å². The Morgan fingerprint density at radius 1 is 0.880 bits per heavy atom. The molecular formula is C22H34O3. The summed E-state index contributed by atoms with van der Waals surface area (Å²) < 4.78 is 0. The van der Waals surface area contributed by atoms with E-state index in [2.05, 4.69) is 43.4 Å². The molecule has 140 valence electrons. The number of carboxylic acids is 1. The Morgan fingerprint density at radius 3 is 2.36 bits per heavy atom. The molecule has 0 saturated heterocycles. The van der Waals surface area contributed by atoms with E-state index in [9.17, 15) is 9.90 Å². The van der Waals surface area contributed by atoms with E-state index < -0.39 is 12.1 Å². The Bertz CT molecular complexity index is 456. The number of aliphatic hydroxyl groups is 1. The van der Waals surface area contributed by atoms with Gasteiger partial charge in [0.05, 0.1) is 6.10 Å². The summed E-state index contributed by atoms with van der Waals surface area (Å²) in [7, 11) is 0. The Kier molecular flexibility index (Phi) is 17.1. The number of rotatable bonds is 15. The second-order valence-corrected chi connectivity index (χ2v) is 5.90. The zero-order valence-electron chi connectivity index (χ0n) is 15.5. The molecule has 0 heterocycles. The summed E-state index contributed by atoms with van der Waals surface area (Å²) in [6.07, 6.45) is 27.4. The molecule has 0 spiro atoms. The number of hydrogen-bond acceptors (Lipinski definition) is 2. The van der Waals surface area contributed by atoms with E-state index in [4.69, 9.17) is 5.11 Å². The molecule has 3 nitrogen and oxygen atoms in total. The van der Waals surface area contributed by atoms with Crippen LogP contribution in [-0.2, 0) is 4.79 Å². The van der Waals surface area contributed by atoms with E-state index >= 15 is 0 Å². The Hall–Kier alpha value is -1.87. The number of carbonyl (C=O) groups is 1. The highest BCUT2D eigenvalue weighted by Gasteiger charge is 1.95. The molecule has 0 aromatic carbocycles. The molecule has 0 rings (SSSR count). The van der Waals surface area contributed by atoms with Crippen molar-refractivity contribution >= 4 is 5.97 Å². The zero-order chi connectivity index (χ0) is 18.6. The minimum absolute atomic E-state index is 0.274. The van der Waals surface area contributed by atoms with E-state index in [0.717, 1.165) is 44.9 Å². The molecule has 0 aliphatic carbocycles. The van der Waals surface area contributed by atoms with Gasteiger partial charge in [-0.3, -0.25) is 4.79 Å². The standard InChI is InChI=1S/C22H34O3/c1-2-3-4-5-12-15-18-21(23)19-16-13-10-8-6-7-9-11-14-17-20-22(24)25/h3-4,6-7,10,12-13,15-16,19,21,23H,2,5,8-9,11,14,17-18,20H2,1H3,(H,24,25)/b4-3-,7-6-,13-10-,15-12-,19-16-. The first-order chi connectivity index (χ1) is 12.2. The van der Waals surface area contributed by atoms with Gasteiger partial charge in [0.1, 0.15) is 0 Å². The number of carboxylic acid groups (broad SMARTS) is 1. The van der Waals surface area contributed by atoms with Crippen LogP contribution >= 0.6 is 0 Å². The highest BCUT2D eigenvalue weighted by Crippen LogP contribution is 2.04. The van der Waals surface area contributed by atoms with Gasteiger partial charge in [-0.15, -0.1) is 0 Å². The van der Waals surface area contributed by atoms with Gasteiger partial charge >= 0.3 is 5.97 Å². The first-order valence-corrected chi connectivity index (χ1v) is 9.35. The Morgan fingerprint density at radius 2 is 1.60 bits per heavy atom. The molecule has 0 amide bonds. The minimum atomic E-state index is -0.709. The van der Waals surface area contributed by atoms with Crippen molar-refractivity contribution in [2.45, 2.75) is 70.8 Å². The normalized spacial score (nSPS) is 14.0. The van der Waals surface area contributed by atoms with Crippen LogP contribution in [0.15, 0.2) is 60.8 Å². The van der Waals surface area contributed by atoms with Gasteiger partial charge in [0.2, 0.25) is 0 Å². The first-order valence-electron chi connectivity index (χ1n) is 9.35. The molecule has 0 bridgehead atoms. The maximum atomic E-state index is 10.4. The largest absolute Gasteiger partial charge is 0.481 e. The van der Waals surface area contributed by atoms with Gasteiger partial charge < -0.3 is 10.2 Å². The average molecular weight is 347 g/mol. The number of unbranched alkanes of at least 4 members (excludes halogenated alkanes) is 3. The van der Waals surface area contributed by atoms with Crippen molar-refractivity contribution in [3.63, 3.8) is 0 Å². The lowest BCUT2D eigenvalue weighted by Crippen LogP contribution is -1.98. The fourth-order valence-electron chi connectivity index (χ4n) is 2.11. The van der Waals surface area contributed by atoms with Crippen LogP contribution in [0, 0.1) is 0 Å². The van der Waals surface area contributed by atoms with Crippen LogP contribution in [0.4, 0.5) is 0 Å². The maximum Gasteiger partial charge on any atom is 0.303 e. The third-order valence-electron chi connectivity index (χ3n) is 3.50. The van der Waals surface area contributed by atoms with E-state index in [1.807, 2.05) is 18.2 Å². The van der Waals surface area contributed by atoms with Crippen molar-refractivity contribution in [3.8, 4) is 0 Å². The zero-order valence-corrected chi connectivity index (χ0v) is 15.5. The van der Waals surface area contributed by atoms with E-state index in [0.29, 0.717) is 6.42 Å². The molecule has 1 atom stereocenters. The predicted octanol–water partition coefficient (Wildman–Crippen LogP) is 5.74. The summed E-state index contributed by atoms with van der Waals surface area (Å²) in [5, 5.41) is 18.3. The lowest BCUT2D eigenvalue weighted by atomic mass is 10.1. The molecule has 0 radical (unpaired) electrons. The summed E-state index contributed by atoms with van der Waals surface area (Å²) in [5.74, 6) is -0.709. The highest BCUT2D eigenvalue weighted by molar-refractivity contribution is 5.66. The van der Waals surface area contributed by atoms with Crippen LogP contribution in [0.25, 0.3) is 0 Å². The van der Waals surface area contributed by atoms with E-state index in [1.165, 1.54) is 0 Å². The SMILES string of the molecule is CC/C=C\C/C=C\CC(O)/C=C\C=C/C/C=C\CCCCCC(=O)O. The maximum absolute atomic E-state index is 10.4. The second kappa shape index (κ2) is 18.5. The quantitative estimate of drug-likeness (QED) is 0.226. The topological polar surface area (TPSA) is 57.5 Å². The molecule has 0 fully saturated rings. The summed E-state index contributed by atoms with van der Waals surface area (Å²) in [6.45, 7) is 2.11. The fraction of sp³-hybridized carbons (Fsp3) is 0.500. The third kappa shape index (κ3) is 20.1. The molecular weight excluding hydrogens is 312 g/mol. The molecule has 0 aliphatic rings. The van der Waals surface area contributed by atoms with Crippen LogP contribution in [-0.4, -0.2) is 22.3 Å².